The Morgan fingerprint density at radius 3 is 2.44 bits per heavy atom. The Hall–Kier alpha value is -2.42. The van der Waals surface area contributed by atoms with Crippen LogP contribution in [0.15, 0.2) is 46.4 Å². The Labute approximate surface area is 168 Å². The smallest absolute Gasteiger partial charge is 0.276 e. The molecule has 0 fully saturated rings. The van der Waals surface area contributed by atoms with Gasteiger partial charge in [0.15, 0.2) is 0 Å². The summed E-state index contributed by atoms with van der Waals surface area (Å²) in [4.78, 5) is 12.8. The molecule has 144 valence electrons. The van der Waals surface area contributed by atoms with Crippen molar-refractivity contribution in [1.29, 1.82) is 0 Å². The Morgan fingerprint density at radius 1 is 1.26 bits per heavy atom. The van der Waals surface area contributed by atoms with Gasteiger partial charge in [0.25, 0.3) is 10.0 Å². The van der Waals surface area contributed by atoms with Crippen LogP contribution in [0.1, 0.15) is 12.5 Å². The zero-order chi connectivity index (χ0) is 20.2. The van der Waals surface area contributed by atoms with Crippen molar-refractivity contribution < 1.29 is 28.7 Å². The number of nitrogens with one attached hydrogen (secondary N) is 2. The standard InChI is InChI=1S/C15H15IN4O6S/c1-9(21)18-12-2-4-13(5-3-12)27(25,26)19-17-8-10-6-11(16)7-14(15(10)22)20(23)24/h2-8,19,22-24H,1H3,(H,18,21)/p-1/b17-8-. The van der Waals surface area contributed by atoms with Crippen LogP contribution in [0.4, 0.5) is 11.4 Å². The van der Waals surface area contributed by atoms with E-state index in [0.29, 0.717) is 9.26 Å². The number of anilines is 2. The number of hydrogen-bond donors (Lipinski definition) is 4. The van der Waals surface area contributed by atoms with Crippen LogP contribution in [0.2, 0.25) is 0 Å². The summed E-state index contributed by atoms with van der Waals surface area (Å²) in [5, 5.41) is 35.9. The molecular weight excluding hydrogens is 491 g/mol. The lowest BCUT2D eigenvalue weighted by molar-refractivity contribution is -0.268. The van der Waals surface area contributed by atoms with Gasteiger partial charge >= 0.3 is 0 Å². The first-order chi connectivity index (χ1) is 12.6. The van der Waals surface area contributed by atoms with E-state index >= 15 is 0 Å². The van der Waals surface area contributed by atoms with E-state index < -0.39 is 21.5 Å². The highest BCUT2D eigenvalue weighted by Crippen LogP contribution is 2.28. The maximum absolute atomic E-state index is 12.2. The number of carbonyl (C=O) groups excluding carboxylic acids is 1. The first-order valence-corrected chi connectivity index (χ1v) is 9.77. The van der Waals surface area contributed by atoms with E-state index in [4.69, 9.17) is 10.4 Å². The molecule has 0 saturated carbocycles. The summed E-state index contributed by atoms with van der Waals surface area (Å²) in [6.07, 6.45) is 0.959. The van der Waals surface area contributed by atoms with Gasteiger partial charge in [0, 0.05) is 16.2 Å². The van der Waals surface area contributed by atoms with Crippen molar-refractivity contribution >= 4 is 56.1 Å². The summed E-state index contributed by atoms with van der Waals surface area (Å²) in [6.45, 7) is 1.33. The van der Waals surface area contributed by atoms with Crippen LogP contribution in [-0.4, -0.2) is 31.0 Å². The Bertz CT molecular complexity index is 977. The lowest BCUT2D eigenvalue weighted by Gasteiger charge is -2.19. The highest BCUT2D eigenvalue weighted by molar-refractivity contribution is 14.1. The first kappa shape index (κ1) is 20.9. The molecule has 0 aromatic heterocycles. The quantitative estimate of drug-likeness (QED) is 0.262. The lowest BCUT2D eigenvalue weighted by Crippen LogP contribution is -2.19. The summed E-state index contributed by atoms with van der Waals surface area (Å²) >= 11 is 1.85. The van der Waals surface area contributed by atoms with Crippen molar-refractivity contribution in [1.82, 2.24) is 4.83 Å². The maximum Gasteiger partial charge on any atom is 0.276 e. The molecule has 2 rings (SSSR count). The predicted octanol–water partition coefficient (Wildman–Crippen LogP) is 1.22. The van der Waals surface area contributed by atoms with E-state index in [1.807, 2.05) is 27.4 Å². The molecule has 0 aliphatic carbocycles. The number of sulfonamides is 1. The number of nitrogens with zero attached hydrogens (tertiary/aromatic N) is 2. The molecule has 10 nitrogen and oxygen atoms in total. The zero-order valence-electron chi connectivity index (χ0n) is 13.7. The summed E-state index contributed by atoms with van der Waals surface area (Å²) in [5.74, 6) is -1.04. The van der Waals surface area contributed by atoms with Gasteiger partial charge in [0.1, 0.15) is 0 Å². The Kier molecular flexibility index (Phi) is 6.59. The van der Waals surface area contributed by atoms with Crippen molar-refractivity contribution in [3.8, 4) is 5.75 Å². The fraction of sp³-hybridized carbons (Fsp3) is 0.0667. The molecule has 12 heteroatoms. The van der Waals surface area contributed by atoms with E-state index in [2.05, 4.69) is 10.4 Å². The van der Waals surface area contributed by atoms with Gasteiger partial charge in [-0.1, -0.05) is 5.75 Å². The van der Waals surface area contributed by atoms with Crippen LogP contribution in [0.3, 0.4) is 0 Å². The Morgan fingerprint density at radius 2 is 1.89 bits per heavy atom. The maximum atomic E-state index is 12.2. The molecule has 4 N–H and O–H groups in total. The molecule has 0 unspecified atom stereocenters. The number of halogens is 1. The van der Waals surface area contributed by atoms with Gasteiger partial charge in [0.2, 0.25) is 5.91 Å². The summed E-state index contributed by atoms with van der Waals surface area (Å²) in [5.41, 5.74) is -0.0154. The van der Waals surface area contributed by atoms with Crippen molar-refractivity contribution in [2.45, 2.75) is 11.8 Å². The minimum Gasteiger partial charge on any atom is -0.870 e. The third kappa shape index (κ3) is 5.53. The second kappa shape index (κ2) is 8.51. The summed E-state index contributed by atoms with van der Waals surface area (Å²) in [6, 6.07) is 8.02. The van der Waals surface area contributed by atoms with E-state index in [9.17, 15) is 18.3 Å². The van der Waals surface area contributed by atoms with Crippen molar-refractivity contribution in [3.05, 3.63) is 45.5 Å². The molecule has 1 amide bonds. The predicted molar refractivity (Wildman–Crippen MR) is 103 cm³/mol. The third-order valence-electron chi connectivity index (χ3n) is 3.14. The molecule has 0 aliphatic heterocycles. The first-order valence-electron chi connectivity index (χ1n) is 7.21. The normalized spacial score (nSPS) is 11.4. The van der Waals surface area contributed by atoms with Gasteiger partial charge in [-0.2, -0.15) is 13.5 Å². The number of benzene rings is 2. The van der Waals surface area contributed by atoms with Gasteiger partial charge in [-0.3, -0.25) is 15.2 Å². The van der Waals surface area contributed by atoms with Crippen molar-refractivity contribution in [2.24, 2.45) is 5.10 Å². The topological polar surface area (TPSA) is 154 Å². The highest BCUT2D eigenvalue weighted by Gasteiger charge is 2.13. The SMILES string of the molecule is CC(=O)Nc1ccc(S(=O)(=O)N/N=C\c2cc(I)cc(N(O)O)c2[O-])cc1. The van der Waals surface area contributed by atoms with Crippen molar-refractivity contribution in [2.75, 3.05) is 10.5 Å². The molecule has 0 spiro atoms. The number of hydrogen-bond acceptors (Lipinski definition) is 8. The third-order valence-corrected chi connectivity index (χ3v) is 5.00. The number of amides is 1. The summed E-state index contributed by atoms with van der Waals surface area (Å²) in [7, 11) is -4.00. The number of carbonyl (C=O) groups is 1. The molecular formula is C15H14IN4O6S-. The number of hydrazone groups is 1. The molecule has 0 atom stereocenters. The average molecular weight is 505 g/mol. The summed E-state index contributed by atoms with van der Waals surface area (Å²) < 4.78 is 24.9. The molecule has 27 heavy (non-hydrogen) atoms. The second-order valence-electron chi connectivity index (χ2n) is 5.19. The molecule has 0 saturated heterocycles. The van der Waals surface area contributed by atoms with Gasteiger partial charge in [0.05, 0.1) is 16.8 Å². The molecule has 0 radical (unpaired) electrons. The lowest BCUT2D eigenvalue weighted by atomic mass is 10.2. The fourth-order valence-electron chi connectivity index (χ4n) is 1.98. The van der Waals surface area contributed by atoms with Crippen LogP contribution >= 0.6 is 22.6 Å². The van der Waals surface area contributed by atoms with Crippen LogP contribution < -0.4 is 20.5 Å². The monoisotopic (exact) mass is 505 g/mol. The van der Waals surface area contributed by atoms with Crippen LogP contribution in [0, 0.1) is 3.57 Å². The minimum atomic E-state index is -4.00. The Balaban J connectivity index is 2.19. The van der Waals surface area contributed by atoms with Crippen LogP contribution in [-0.2, 0) is 14.8 Å². The average Bonchev–Trinajstić information content (AvgIpc) is 2.57. The van der Waals surface area contributed by atoms with Crippen molar-refractivity contribution in [3.63, 3.8) is 0 Å². The van der Waals surface area contributed by atoms with Gasteiger partial charge in [-0.05, 0) is 64.6 Å². The van der Waals surface area contributed by atoms with Gasteiger partial charge in [-0.25, -0.2) is 4.83 Å². The van der Waals surface area contributed by atoms with E-state index in [-0.39, 0.29) is 21.6 Å². The molecule has 2 aromatic carbocycles. The second-order valence-corrected chi connectivity index (χ2v) is 8.10. The van der Waals surface area contributed by atoms with Crippen LogP contribution in [0.5, 0.6) is 5.75 Å². The molecule has 0 bridgehead atoms. The number of rotatable bonds is 6. The van der Waals surface area contributed by atoms with Crippen LogP contribution in [0.25, 0.3) is 0 Å². The highest BCUT2D eigenvalue weighted by atomic mass is 127. The zero-order valence-corrected chi connectivity index (χ0v) is 16.7. The molecule has 0 aliphatic rings. The molecule has 0 heterocycles. The largest absolute Gasteiger partial charge is 0.870 e. The minimum absolute atomic E-state index is 0.0475. The molecule has 2 aromatic rings. The van der Waals surface area contributed by atoms with E-state index in [0.717, 1.165) is 6.21 Å². The van der Waals surface area contributed by atoms with E-state index in [1.165, 1.54) is 43.3 Å². The van der Waals surface area contributed by atoms with Gasteiger partial charge in [-0.15, -0.1) is 5.23 Å². The van der Waals surface area contributed by atoms with E-state index in [1.54, 1.807) is 0 Å². The fourth-order valence-corrected chi connectivity index (χ4v) is 3.40. The van der Waals surface area contributed by atoms with Gasteiger partial charge < -0.3 is 10.4 Å².